The highest BCUT2D eigenvalue weighted by Crippen LogP contribution is 2.34. The second-order valence-electron chi connectivity index (χ2n) is 6.16. The number of carbonyl (C=O) groups is 2. The molecule has 1 unspecified atom stereocenters. The molecule has 0 aliphatic carbocycles. The number of hydrogen-bond donors (Lipinski definition) is 1. The van der Waals surface area contributed by atoms with Gasteiger partial charge in [0.05, 0.1) is 22.2 Å². The van der Waals surface area contributed by atoms with Gasteiger partial charge in [-0.05, 0) is 42.7 Å². The third kappa shape index (κ3) is 3.28. The molecule has 4 rings (SSSR count). The molecule has 0 spiro atoms. The highest BCUT2D eigenvalue weighted by atomic mass is 32.1. The third-order valence-electron chi connectivity index (χ3n) is 4.50. The maximum absolute atomic E-state index is 13.0. The van der Waals surface area contributed by atoms with Gasteiger partial charge < -0.3 is 14.6 Å². The summed E-state index contributed by atoms with van der Waals surface area (Å²) < 4.78 is 5.08. The first-order valence-electron chi connectivity index (χ1n) is 8.53. The van der Waals surface area contributed by atoms with Crippen LogP contribution in [0.4, 0.5) is 5.00 Å². The summed E-state index contributed by atoms with van der Waals surface area (Å²) in [6.45, 7) is 0.754. The standard InChI is InChI=1S/C20H18N2O3S/c23-19(16-9-5-13-25-16)21-18-11-10-17(26-18)20(24)22-12-4-8-15(22)14-6-2-1-3-7-14/h1-3,5-7,9-11,13,15H,4,8,12H2,(H,21,23). The second kappa shape index (κ2) is 7.17. The van der Waals surface area contributed by atoms with Gasteiger partial charge in [-0.2, -0.15) is 0 Å². The number of benzene rings is 1. The molecule has 3 aromatic rings. The minimum absolute atomic E-state index is 0.0138. The summed E-state index contributed by atoms with van der Waals surface area (Å²) in [5, 5.41) is 3.40. The quantitative estimate of drug-likeness (QED) is 0.736. The minimum atomic E-state index is -0.320. The number of nitrogens with zero attached hydrogens (tertiary/aromatic N) is 1. The van der Waals surface area contributed by atoms with Gasteiger partial charge in [-0.3, -0.25) is 9.59 Å². The normalized spacial score (nSPS) is 16.6. The molecule has 0 radical (unpaired) electrons. The number of carbonyl (C=O) groups excluding carboxylic acids is 2. The van der Waals surface area contributed by atoms with Crippen molar-refractivity contribution in [3.8, 4) is 0 Å². The summed E-state index contributed by atoms with van der Waals surface area (Å²) in [6.07, 6.45) is 3.43. The van der Waals surface area contributed by atoms with Crippen molar-refractivity contribution in [2.75, 3.05) is 11.9 Å². The van der Waals surface area contributed by atoms with E-state index in [0.717, 1.165) is 19.4 Å². The molecule has 1 fully saturated rings. The Morgan fingerprint density at radius 1 is 1.08 bits per heavy atom. The highest BCUT2D eigenvalue weighted by Gasteiger charge is 2.31. The predicted molar refractivity (Wildman–Crippen MR) is 100 cm³/mol. The van der Waals surface area contributed by atoms with Gasteiger partial charge in [0.1, 0.15) is 0 Å². The highest BCUT2D eigenvalue weighted by molar-refractivity contribution is 7.18. The van der Waals surface area contributed by atoms with Crippen LogP contribution in [0.3, 0.4) is 0 Å². The molecule has 0 saturated carbocycles. The Hall–Kier alpha value is -2.86. The first kappa shape index (κ1) is 16.6. The number of anilines is 1. The SMILES string of the molecule is O=C(Nc1ccc(C(=O)N2CCCC2c2ccccc2)s1)c1ccco1. The molecule has 2 aromatic heterocycles. The van der Waals surface area contributed by atoms with Gasteiger partial charge in [-0.15, -0.1) is 11.3 Å². The average Bonchev–Trinajstić information content (AvgIpc) is 3.42. The zero-order valence-electron chi connectivity index (χ0n) is 14.1. The number of amides is 2. The molecule has 132 valence electrons. The first-order valence-corrected chi connectivity index (χ1v) is 9.34. The molecule has 26 heavy (non-hydrogen) atoms. The molecule has 3 heterocycles. The van der Waals surface area contributed by atoms with Crippen molar-refractivity contribution in [3.63, 3.8) is 0 Å². The van der Waals surface area contributed by atoms with Gasteiger partial charge in [0.15, 0.2) is 5.76 Å². The lowest BCUT2D eigenvalue weighted by molar-refractivity contribution is 0.0740. The van der Waals surface area contributed by atoms with Gasteiger partial charge in [0, 0.05) is 6.54 Å². The fraction of sp³-hybridized carbons (Fsp3) is 0.200. The fourth-order valence-corrected chi connectivity index (χ4v) is 4.13. The molecule has 1 aliphatic heterocycles. The van der Waals surface area contributed by atoms with E-state index in [2.05, 4.69) is 17.4 Å². The number of hydrogen-bond acceptors (Lipinski definition) is 4. The van der Waals surface area contributed by atoms with Crippen LogP contribution in [0.15, 0.2) is 65.3 Å². The van der Waals surface area contributed by atoms with E-state index < -0.39 is 0 Å². The van der Waals surface area contributed by atoms with E-state index >= 15 is 0 Å². The Morgan fingerprint density at radius 3 is 2.69 bits per heavy atom. The van der Waals surface area contributed by atoms with Crippen molar-refractivity contribution in [1.29, 1.82) is 0 Å². The second-order valence-corrected chi connectivity index (χ2v) is 7.25. The predicted octanol–water partition coefficient (Wildman–Crippen LogP) is 4.57. The summed E-state index contributed by atoms with van der Waals surface area (Å²) in [5.74, 6) is -0.0611. The number of rotatable bonds is 4. The van der Waals surface area contributed by atoms with Crippen molar-refractivity contribution >= 4 is 28.2 Å². The van der Waals surface area contributed by atoms with Crippen LogP contribution in [-0.2, 0) is 0 Å². The molecular weight excluding hydrogens is 348 g/mol. The van der Waals surface area contributed by atoms with Gasteiger partial charge >= 0.3 is 0 Å². The minimum Gasteiger partial charge on any atom is -0.459 e. The van der Waals surface area contributed by atoms with Crippen molar-refractivity contribution in [1.82, 2.24) is 4.90 Å². The maximum atomic E-state index is 13.0. The molecule has 5 nitrogen and oxygen atoms in total. The van der Waals surface area contributed by atoms with Gasteiger partial charge in [0.25, 0.3) is 11.8 Å². The van der Waals surface area contributed by atoms with Crippen molar-refractivity contribution in [2.45, 2.75) is 18.9 Å². The molecule has 6 heteroatoms. The maximum Gasteiger partial charge on any atom is 0.291 e. The third-order valence-corrected chi connectivity index (χ3v) is 5.49. The van der Waals surface area contributed by atoms with Crippen LogP contribution in [0.25, 0.3) is 0 Å². The Morgan fingerprint density at radius 2 is 1.92 bits per heavy atom. The van der Waals surface area contributed by atoms with Crippen LogP contribution in [0.1, 0.15) is 44.7 Å². The van der Waals surface area contributed by atoms with Gasteiger partial charge in [-0.25, -0.2) is 0 Å². The lowest BCUT2D eigenvalue weighted by Gasteiger charge is -2.24. The fourth-order valence-electron chi connectivity index (χ4n) is 3.27. The number of thiophene rings is 1. The van der Waals surface area contributed by atoms with Crippen molar-refractivity contribution in [3.05, 3.63) is 77.1 Å². The molecule has 1 N–H and O–H groups in total. The Balaban J connectivity index is 1.48. The van der Waals surface area contributed by atoms with Crippen LogP contribution < -0.4 is 5.32 Å². The van der Waals surface area contributed by atoms with E-state index in [1.165, 1.54) is 23.2 Å². The van der Waals surface area contributed by atoms with Gasteiger partial charge in [-0.1, -0.05) is 30.3 Å². The Bertz CT molecular complexity index is 902. The Labute approximate surface area is 155 Å². The van der Waals surface area contributed by atoms with E-state index in [0.29, 0.717) is 9.88 Å². The summed E-state index contributed by atoms with van der Waals surface area (Å²) in [6, 6.07) is 17.0. The topological polar surface area (TPSA) is 62.6 Å². The van der Waals surface area contributed by atoms with Crippen molar-refractivity contribution in [2.24, 2.45) is 0 Å². The molecule has 1 aliphatic rings. The first-order chi connectivity index (χ1) is 12.7. The molecule has 0 bridgehead atoms. The lowest BCUT2D eigenvalue weighted by atomic mass is 10.0. The summed E-state index contributed by atoms with van der Waals surface area (Å²) in [5.41, 5.74) is 1.17. The summed E-state index contributed by atoms with van der Waals surface area (Å²) >= 11 is 1.29. The summed E-state index contributed by atoms with van der Waals surface area (Å²) in [7, 11) is 0. The zero-order valence-corrected chi connectivity index (χ0v) is 14.9. The van der Waals surface area contributed by atoms with Gasteiger partial charge in [0.2, 0.25) is 0 Å². The van der Waals surface area contributed by atoms with E-state index in [1.54, 1.807) is 24.3 Å². The van der Waals surface area contributed by atoms with E-state index in [4.69, 9.17) is 4.42 Å². The molecule has 1 saturated heterocycles. The van der Waals surface area contributed by atoms with E-state index in [9.17, 15) is 9.59 Å². The number of furan rings is 1. The monoisotopic (exact) mass is 366 g/mol. The Kier molecular flexibility index (Phi) is 4.58. The summed E-state index contributed by atoms with van der Waals surface area (Å²) in [4.78, 5) is 27.6. The lowest BCUT2D eigenvalue weighted by Crippen LogP contribution is -2.29. The molecular formula is C20H18N2O3S. The molecule has 1 atom stereocenters. The number of likely N-dealkylation sites (tertiary alicyclic amines) is 1. The van der Waals surface area contributed by atoms with Crippen LogP contribution >= 0.6 is 11.3 Å². The van der Waals surface area contributed by atoms with Crippen LogP contribution in [0.2, 0.25) is 0 Å². The smallest absolute Gasteiger partial charge is 0.291 e. The van der Waals surface area contributed by atoms with Crippen molar-refractivity contribution < 1.29 is 14.0 Å². The molecule has 1 aromatic carbocycles. The van der Waals surface area contributed by atoms with Crippen LogP contribution in [-0.4, -0.2) is 23.3 Å². The zero-order chi connectivity index (χ0) is 17.9. The molecule has 2 amide bonds. The van der Waals surface area contributed by atoms with Crippen LogP contribution in [0, 0.1) is 0 Å². The average molecular weight is 366 g/mol. The largest absolute Gasteiger partial charge is 0.459 e. The van der Waals surface area contributed by atoms with E-state index in [1.807, 2.05) is 23.1 Å². The van der Waals surface area contributed by atoms with E-state index in [-0.39, 0.29) is 23.6 Å². The van der Waals surface area contributed by atoms with Crippen LogP contribution in [0.5, 0.6) is 0 Å². The number of nitrogens with one attached hydrogen (secondary N) is 1.